The maximum absolute atomic E-state index is 12.1. The number of halogens is 1. The van der Waals surface area contributed by atoms with Crippen LogP contribution >= 0.6 is 11.6 Å². The fourth-order valence-corrected chi connectivity index (χ4v) is 2.66. The zero-order valence-electron chi connectivity index (χ0n) is 14.6. The summed E-state index contributed by atoms with van der Waals surface area (Å²) < 4.78 is 1.90. The third-order valence-corrected chi connectivity index (χ3v) is 4.17. The van der Waals surface area contributed by atoms with Crippen LogP contribution in [0.3, 0.4) is 0 Å². The average molecular weight is 384 g/mol. The first-order valence-corrected chi connectivity index (χ1v) is 8.68. The van der Waals surface area contributed by atoms with Crippen LogP contribution in [0.4, 0.5) is 0 Å². The fourth-order valence-electron chi connectivity index (χ4n) is 2.50. The molecule has 2 aromatic heterocycles. The normalized spacial score (nSPS) is 11.6. The molecule has 3 rings (SSSR count). The highest BCUT2D eigenvalue weighted by Gasteiger charge is 2.13. The minimum Gasteiger partial charge on any atom is -0.348 e. The highest BCUT2D eigenvalue weighted by Crippen LogP contribution is 2.15. The van der Waals surface area contributed by atoms with Gasteiger partial charge in [-0.05, 0) is 36.8 Å². The highest BCUT2D eigenvalue weighted by molar-refractivity contribution is 6.30. The topological polar surface area (TPSA) is 88.9 Å². The summed E-state index contributed by atoms with van der Waals surface area (Å²) >= 11 is 5.83. The Morgan fingerprint density at radius 1 is 1.19 bits per heavy atom. The molecule has 0 bridgehead atoms. The molecule has 0 saturated carbocycles. The van der Waals surface area contributed by atoms with E-state index in [0.717, 1.165) is 11.3 Å². The average Bonchev–Trinajstić information content (AvgIpc) is 3.21. The molecular formula is C19H18ClN5O2. The number of pyridine rings is 1. The molecule has 0 saturated heterocycles. The zero-order chi connectivity index (χ0) is 19.2. The van der Waals surface area contributed by atoms with Crippen LogP contribution < -0.4 is 10.6 Å². The Hall–Kier alpha value is -3.19. The maximum atomic E-state index is 12.1. The minimum atomic E-state index is -0.454. The lowest BCUT2D eigenvalue weighted by molar-refractivity contribution is -0.120. The van der Waals surface area contributed by atoms with E-state index < -0.39 is 5.91 Å². The molecule has 0 aliphatic rings. The molecule has 27 heavy (non-hydrogen) atoms. The first-order chi connectivity index (χ1) is 13.0. The molecule has 0 spiro atoms. The van der Waals surface area contributed by atoms with Gasteiger partial charge in [0.1, 0.15) is 5.69 Å². The third kappa shape index (κ3) is 4.92. The highest BCUT2D eigenvalue weighted by atomic mass is 35.5. The Labute approximate surface area is 161 Å². The van der Waals surface area contributed by atoms with Crippen LogP contribution in [0.1, 0.15) is 29.0 Å². The van der Waals surface area contributed by atoms with Gasteiger partial charge in [-0.15, -0.1) is 0 Å². The predicted molar refractivity (Wildman–Crippen MR) is 102 cm³/mol. The summed E-state index contributed by atoms with van der Waals surface area (Å²) in [6.45, 7) is 1.73. The summed E-state index contributed by atoms with van der Waals surface area (Å²) in [5.41, 5.74) is 2.10. The van der Waals surface area contributed by atoms with Gasteiger partial charge in [-0.3, -0.25) is 14.6 Å². The number of nitrogens with one attached hydrogen (secondary N) is 2. The van der Waals surface area contributed by atoms with Crippen LogP contribution in [-0.2, 0) is 4.79 Å². The van der Waals surface area contributed by atoms with Gasteiger partial charge >= 0.3 is 0 Å². The molecule has 3 aromatic rings. The van der Waals surface area contributed by atoms with E-state index in [1.165, 1.54) is 12.3 Å². The van der Waals surface area contributed by atoms with Gasteiger partial charge in [0, 0.05) is 29.3 Å². The molecule has 0 aliphatic heterocycles. The summed E-state index contributed by atoms with van der Waals surface area (Å²) in [7, 11) is 0. The van der Waals surface area contributed by atoms with Crippen LogP contribution in [0.25, 0.3) is 5.69 Å². The largest absolute Gasteiger partial charge is 0.348 e. The molecule has 7 nitrogen and oxygen atoms in total. The first kappa shape index (κ1) is 18.6. The summed E-state index contributed by atoms with van der Waals surface area (Å²) in [6, 6.07) is 10.6. The van der Waals surface area contributed by atoms with Gasteiger partial charge in [0.15, 0.2) is 0 Å². The van der Waals surface area contributed by atoms with E-state index in [4.69, 9.17) is 11.6 Å². The van der Waals surface area contributed by atoms with E-state index in [2.05, 4.69) is 20.6 Å². The summed E-state index contributed by atoms with van der Waals surface area (Å²) in [6.07, 6.45) is 6.73. The number of rotatable bonds is 6. The molecule has 1 aromatic carbocycles. The molecular weight excluding hydrogens is 366 g/mol. The molecule has 0 fully saturated rings. The van der Waals surface area contributed by atoms with E-state index in [1.807, 2.05) is 42.0 Å². The zero-order valence-corrected chi connectivity index (χ0v) is 15.3. The molecule has 138 valence electrons. The SMILES string of the molecule is C[C@H](NC(=O)CNC(=O)c1cc(Cl)ccn1)c1ccc(-n2ccnc2)cc1. The monoisotopic (exact) mass is 383 g/mol. The van der Waals surface area contributed by atoms with Crippen molar-refractivity contribution < 1.29 is 9.59 Å². The Morgan fingerprint density at radius 2 is 1.96 bits per heavy atom. The summed E-state index contributed by atoms with van der Waals surface area (Å²) in [4.78, 5) is 32.0. The smallest absolute Gasteiger partial charge is 0.270 e. The number of hydrogen-bond donors (Lipinski definition) is 2. The maximum Gasteiger partial charge on any atom is 0.270 e. The van der Waals surface area contributed by atoms with Gasteiger partial charge in [-0.1, -0.05) is 23.7 Å². The fraction of sp³-hybridized carbons (Fsp3) is 0.158. The predicted octanol–water partition coefficient (Wildman–Crippen LogP) is 2.53. The van der Waals surface area contributed by atoms with Crippen molar-refractivity contribution in [2.75, 3.05) is 6.54 Å². The number of amides is 2. The van der Waals surface area contributed by atoms with Gasteiger partial charge in [-0.25, -0.2) is 4.98 Å². The third-order valence-electron chi connectivity index (χ3n) is 3.94. The van der Waals surface area contributed by atoms with Gasteiger partial charge in [0.05, 0.1) is 18.9 Å². The van der Waals surface area contributed by atoms with Crippen molar-refractivity contribution in [3.05, 3.63) is 77.6 Å². The van der Waals surface area contributed by atoms with Crippen molar-refractivity contribution in [1.82, 2.24) is 25.2 Å². The lowest BCUT2D eigenvalue weighted by Gasteiger charge is -2.15. The Kier molecular flexibility index (Phi) is 5.83. The van der Waals surface area contributed by atoms with Gasteiger partial charge in [0.25, 0.3) is 5.91 Å². The van der Waals surface area contributed by atoms with Crippen LogP contribution in [0, 0.1) is 0 Å². The molecule has 2 heterocycles. The number of benzene rings is 1. The van der Waals surface area contributed by atoms with E-state index in [-0.39, 0.29) is 24.2 Å². The molecule has 8 heteroatoms. The van der Waals surface area contributed by atoms with Gasteiger partial charge in [0.2, 0.25) is 5.91 Å². The standard InChI is InChI=1S/C19H18ClN5O2/c1-13(14-2-4-16(5-3-14)25-9-8-21-12-25)24-18(26)11-23-19(27)17-10-15(20)6-7-22-17/h2-10,12-13H,11H2,1H3,(H,23,27)(H,24,26)/t13-/m0/s1. The Morgan fingerprint density at radius 3 is 2.63 bits per heavy atom. The minimum absolute atomic E-state index is 0.148. The van der Waals surface area contributed by atoms with E-state index in [0.29, 0.717) is 5.02 Å². The Balaban J connectivity index is 1.52. The van der Waals surface area contributed by atoms with Gasteiger partial charge in [-0.2, -0.15) is 0 Å². The number of hydrogen-bond acceptors (Lipinski definition) is 4. The molecule has 1 atom stereocenters. The van der Waals surface area contributed by atoms with Crippen LogP contribution in [0.15, 0.2) is 61.3 Å². The van der Waals surface area contributed by atoms with Crippen molar-refractivity contribution >= 4 is 23.4 Å². The van der Waals surface area contributed by atoms with Crippen LogP contribution in [0.2, 0.25) is 5.02 Å². The van der Waals surface area contributed by atoms with Crippen LogP contribution in [-0.4, -0.2) is 32.9 Å². The second kappa shape index (κ2) is 8.46. The first-order valence-electron chi connectivity index (χ1n) is 8.30. The lowest BCUT2D eigenvalue weighted by Crippen LogP contribution is -2.38. The van der Waals surface area contributed by atoms with Crippen molar-refractivity contribution in [3.8, 4) is 5.69 Å². The lowest BCUT2D eigenvalue weighted by atomic mass is 10.1. The quantitative estimate of drug-likeness (QED) is 0.684. The number of carbonyl (C=O) groups is 2. The molecule has 0 radical (unpaired) electrons. The van der Waals surface area contributed by atoms with Crippen molar-refractivity contribution in [1.29, 1.82) is 0 Å². The number of nitrogens with zero attached hydrogens (tertiary/aromatic N) is 3. The summed E-state index contributed by atoms with van der Waals surface area (Å²) in [5, 5.41) is 5.79. The van der Waals surface area contributed by atoms with E-state index in [1.54, 1.807) is 18.6 Å². The van der Waals surface area contributed by atoms with Crippen molar-refractivity contribution in [2.45, 2.75) is 13.0 Å². The second-order valence-electron chi connectivity index (χ2n) is 5.89. The number of aromatic nitrogens is 3. The van der Waals surface area contributed by atoms with E-state index in [9.17, 15) is 9.59 Å². The number of imidazole rings is 1. The van der Waals surface area contributed by atoms with Crippen LogP contribution in [0.5, 0.6) is 0 Å². The Bertz CT molecular complexity index is 926. The number of carbonyl (C=O) groups excluding carboxylic acids is 2. The van der Waals surface area contributed by atoms with E-state index >= 15 is 0 Å². The second-order valence-corrected chi connectivity index (χ2v) is 6.33. The molecule has 0 unspecified atom stereocenters. The molecule has 2 amide bonds. The van der Waals surface area contributed by atoms with Crippen molar-refractivity contribution in [2.24, 2.45) is 0 Å². The van der Waals surface area contributed by atoms with Gasteiger partial charge < -0.3 is 15.2 Å². The molecule has 2 N–H and O–H groups in total. The molecule has 0 aliphatic carbocycles. The summed E-state index contributed by atoms with van der Waals surface area (Å²) in [5.74, 6) is -0.749. The van der Waals surface area contributed by atoms with Crippen molar-refractivity contribution in [3.63, 3.8) is 0 Å².